The zero-order chi connectivity index (χ0) is 20.0. The molecule has 0 atom stereocenters. The first-order chi connectivity index (χ1) is 13.2. The molecule has 0 rings (SSSR count). The minimum absolute atomic E-state index is 0.407. The molecular weight excluding hydrogens is 334 g/mol. The molecule has 0 saturated heterocycles. The van der Waals surface area contributed by atoms with Crippen LogP contribution in [0.25, 0.3) is 0 Å². The lowest BCUT2D eigenvalue weighted by Gasteiger charge is -2.23. The zero-order valence-corrected chi connectivity index (χ0v) is 18.8. The van der Waals surface area contributed by atoms with Crippen LogP contribution in [0.15, 0.2) is 0 Å². The standard InChI is InChI=1S/C24H51NO2/c1-3-5-7-9-10-11-12-13-14-15-16-17-18-20-22-25(23-24(26)27)21-19-8-6-4-2/h24,26-27H,3-23H2,1-2H3. The average molecular weight is 386 g/mol. The van der Waals surface area contributed by atoms with E-state index in [2.05, 4.69) is 18.7 Å². The van der Waals surface area contributed by atoms with E-state index in [1.54, 1.807) is 0 Å². The van der Waals surface area contributed by atoms with Crippen LogP contribution in [0, 0.1) is 0 Å². The molecule has 0 aliphatic carbocycles. The molecule has 0 aromatic heterocycles. The number of aliphatic hydroxyl groups is 2. The smallest absolute Gasteiger partial charge is 0.164 e. The molecule has 0 aromatic rings. The number of aliphatic hydroxyl groups excluding tert-OH is 1. The van der Waals surface area contributed by atoms with Gasteiger partial charge in [-0.3, -0.25) is 4.90 Å². The lowest BCUT2D eigenvalue weighted by Crippen LogP contribution is -2.34. The van der Waals surface area contributed by atoms with Gasteiger partial charge in [-0.15, -0.1) is 0 Å². The molecule has 164 valence electrons. The average Bonchev–Trinajstić information content (AvgIpc) is 2.64. The molecule has 0 unspecified atom stereocenters. The van der Waals surface area contributed by atoms with Gasteiger partial charge in [-0.05, 0) is 25.9 Å². The van der Waals surface area contributed by atoms with Crippen molar-refractivity contribution in [3.63, 3.8) is 0 Å². The molecule has 0 saturated carbocycles. The Morgan fingerprint density at radius 2 is 0.778 bits per heavy atom. The molecular formula is C24H51NO2. The first-order valence-electron chi connectivity index (χ1n) is 12.3. The van der Waals surface area contributed by atoms with E-state index in [9.17, 15) is 10.2 Å². The van der Waals surface area contributed by atoms with Gasteiger partial charge in [-0.2, -0.15) is 0 Å². The predicted molar refractivity (Wildman–Crippen MR) is 119 cm³/mol. The van der Waals surface area contributed by atoms with Crippen molar-refractivity contribution in [2.45, 2.75) is 136 Å². The van der Waals surface area contributed by atoms with Gasteiger partial charge < -0.3 is 10.2 Å². The molecule has 0 aliphatic rings. The number of hydrogen-bond donors (Lipinski definition) is 2. The van der Waals surface area contributed by atoms with Gasteiger partial charge in [0, 0.05) is 6.54 Å². The Morgan fingerprint density at radius 3 is 1.11 bits per heavy atom. The summed E-state index contributed by atoms with van der Waals surface area (Å²) in [7, 11) is 0. The fraction of sp³-hybridized carbons (Fsp3) is 1.00. The molecule has 0 amide bonds. The van der Waals surface area contributed by atoms with E-state index >= 15 is 0 Å². The number of nitrogens with zero attached hydrogens (tertiary/aromatic N) is 1. The van der Waals surface area contributed by atoms with Crippen molar-refractivity contribution in [2.75, 3.05) is 19.6 Å². The highest BCUT2D eigenvalue weighted by molar-refractivity contribution is 4.60. The van der Waals surface area contributed by atoms with Crippen LogP contribution in [0.5, 0.6) is 0 Å². The van der Waals surface area contributed by atoms with Crippen LogP contribution in [-0.2, 0) is 0 Å². The number of rotatable bonds is 22. The van der Waals surface area contributed by atoms with Gasteiger partial charge in [0.2, 0.25) is 0 Å². The van der Waals surface area contributed by atoms with E-state index in [-0.39, 0.29) is 0 Å². The molecule has 3 heteroatoms. The Bertz CT molecular complexity index is 271. The van der Waals surface area contributed by atoms with Crippen LogP contribution in [0.2, 0.25) is 0 Å². The fourth-order valence-electron chi connectivity index (χ4n) is 3.82. The minimum Gasteiger partial charge on any atom is -0.367 e. The van der Waals surface area contributed by atoms with E-state index in [0.717, 1.165) is 13.1 Å². The third-order valence-electron chi connectivity index (χ3n) is 5.58. The van der Waals surface area contributed by atoms with Crippen molar-refractivity contribution in [3.8, 4) is 0 Å². The number of hydrogen-bond acceptors (Lipinski definition) is 3. The van der Waals surface area contributed by atoms with Gasteiger partial charge in [0.15, 0.2) is 6.29 Å². The molecule has 0 bridgehead atoms. The molecule has 0 aliphatic heterocycles. The molecule has 0 aromatic carbocycles. The highest BCUT2D eigenvalue weighted by Crippen LogP contribution is 2.13. The second-order valence-electron chi connectivity index (χ2n) is 8.44. The van der Waals surface area contributed by atoms with Gasteiger partial charge >= 0.3 is 0 Å². The minimum atomic E-state index is -1.19. The molecule has 0 fully saturated rings. The van der Waals surface area contributed by atoms with Gasteiger partial charge in [0.05, 0.1) is 0 Å². The first-order valence-corrected chi connectivity index (χ1v) is 12.3. The second-order valence-corrected chi connectivity index (χ2v) is 8.44. The summed E-state index contributed by atoms with van der Waals surface area (Å²) in [5.74, 6) is 0. The van der Waals surface area contributed by atoms with Gasteiger partial charge in [-0.1, -0.05) is 117 Å². The van der Waals surface area contributed by atoms with Crippen LogP contribution < -0.4 is 0 Å². The summed E-state index contributed by atoms with van der Waals surface area (Å²) in [4.78, 5) is 2.24. The maximum atomic E-state index is 9.25. The Hall–Kier alpha value is -0.120. The van der Waals surface area contributed by atoms with Gasteiger partial charge in [0.1, 0.15) is 0 Å². The van der Waals surface area contributed by atoms with Gasteiger partial charge in [0.25, 0.3) is 0 Å². The van der Waals surface area contributed by atoms with Crippen molar-refractivity contribution < 1.29 is 10.2 Å². The molecule has 0 spiro atoms. The number of unbranched alkanes of at least 4 members (excludes halogenated alkanes) is 16. The summed E-state index contributed by atoms with van der Waals surface area (Å²) in [6, 6.07) is 0. The molecule has 0 radical (unpaired) electrons. The van der Waals surface area contributed by atoms with Crippen molar-refractivity contribution in [1.29, 1.82) is 0 Å². The van der Waals surface area contributed by atoms with Crippen LogP contribution in [-0.4, -0.2) is 41.0 Å². The van der Waals surface area contributed by atoms with E-state index in [1.807, 2.05) is 0 Å². The normalized spacial score (nSPS) is 11.8. The van der Waals surface area contributed by atoms with E-state index in [0.29, 0.717) is 6.54 Å². The lowest BCUT2D eigenvalue weighted by atomic mass is 10.0. The summed E-state index contributed by atoms with van der Waals surface area (Å²) < 4.78 is 0. The SMILES string of the molecule is CCCCCCCCCCCCCCCCN(CCCCCC)CC(O)O. The molecule has 3 nitrogen and oxygen atoms in total. The second kappa shape index (κ2) is 22.2. The monoisotopic (exact) mass is 385 g/mol. The summed E-state index contributed by atoms with van der Waals surface area (Å²) in [6.45, 7) is 6.94. The van der Waals surface area contributed by atoms with E-state index in [1.165, 1.54) is 116 Å². The predicted octanol–water partition coefficient (Wildman–Crippen LogP) is 6.66. The summed E-state index contributed by atoms with van der Waals surface area (Å²) >= 11 is 0. The Labute approximate surface area is 170 Å². The van der Waals surface area contributed by atoms with Gasteiger partial charge in [-0.25, -0.2) is 0 Å². The topological polar surface area (TPSA) is 43.7 Å². The van der Waals surface area contributed by atoms with Crippen LogP contribution >= 0.6 is 0 Å². The largest absolute Gasteiger partial charge is 0.367 e. The van der Waals surface area contributed by atoms with Crippen molar-refractivity contribution >= 4 is 0 Å². The highest BCUT2D eigenvalue weighted by atomic mass is 16.5. The summed E-state index contributed by atoms with van der Waals surface area (Å²) in [5.41, 5.74) is 0. The highest BCUT2D eigenvalue weighted by Gasteiger charge is 2.08. The van der Waals surface area contributed by atoms with Crippen molar-refractivity contribution in [2.24, 2.45) is 0 Å². The first kappa shape index (κ1) is 26.9. The van der Waals surface area contributed by atoms with Crippen molar-refractivity contribution in [3.05, 3.63) is 0 Å². The Kier molecular flexibility index (Phi) is 22.1. The molecule has 27 heavy (non-hydrogen) atoms. The maximum absolute atomic E-state index is 9.25. The Morgan fingerprint density at radius 1 is 0.481 bits per heavy atom. The quantitative estimate of drug-likeness (QED) is 0.162. The van der Waals surface area contributed by atoms with Crippen molar-refractivity contribution in [1.82, 2.24) is 4.90 Å². The summed E-state index contributed by atoms with van der Waals surface area (Å²) in [6.07, 6.45) is 23.1. The maximum Gasteiger partial charge on any atom is 0.164 e. The summed E-state index contributed by atoms with van der Waals surface area (Å²) in [5, 5.41) is 18.5. The van der Waals surface area contributed by atoms with E-state index in [4.69, 9.17) is 0 Å². The fourth-order valence-corrected chi connectivity index (χ4v) is 3.82. The lowest BCUT2D eigenvalue weighted by molar-refractivity contribution is -0.0616. The zero-order valence-electron chi connectivity index (χ0n) is 18.8. The molecule has 0 heterocycles. The Balaban J connectivity index is 3.40. The van der Waals surface area contributed by atoms with Crippen LogP contribution in [0.1, 0.15) is 129 Å². The van der Waals surface area contributed by atoms with Crippen LogP contribution in [0.4, 0.5) is 0 Å². The third kappa shape index (κ3) is 22.0. The third-order valence-corrected chi connectivity index (χ3v) is 5.58. The molecule has 2 N–H and O–H groups in total. The van der Waals surface area contributed by atoms with Crippen LogP contribution in [0.3, 0.4) is 0 Å². The van der Waals surface area contributed by atoms with E-state index < -0.39 is 6.29 Å².